The summed E-state index contributed by atoms with van der Waals surface area (Å²) < 4.78 is 0. The average molecular weight is 381 g/mol. The molecule has 0 aromatic rings. The van der Waals surface area contributed by atoms with E-state index in [-0.39, 0.29) is 0 Å². The third-order valence-electron chi connectivity index (χ3n) is 7.39. The average Bonchev–Trinajstić information content (AvgIpc) is 3.12. The molecule has 0 saturated carbocycles. The Morgan fingerprint density at radius 2 is 1.00 bits per heavy atom. The van der Waals surface area contributed by atoms with E-state index in [2.05, 4.69) is 67.5 Å². The minimum atomic E-state index is 0.447. The summed E-state index contributed by atoms with van der Waals surface area (Å²) in [6.07, 6.45) is 15.8. The molecule has 0 amide bonds. The van der Waals surface area contributed by atoms with Gasteiger partial charge in [-0.05, 0) is 99.0 Å². The zero-order chi connectivity index (χ0) is 20.7. The summed E-state index contributed by atoms with van der Waals surface area (Å²) in [4.78, 5) is 0. The summed E-state index contributed by atoms with van der Waals surface area (Å²) in [7, 11) is 0. The Bertz CT molecular complexity index is 657. The highest BCUT2D eigenvalue weighted by Crippen LogP contribution is 2.47. The third-order valence-corrected chi connectivity index (χ3v) is 7.39. The van der Waals surface area contributed by atoms with E-state index in [9.17, 15) is 0 Å². The van der Waals surface area contributed by atoms with E-state index in [4.69, 9.17) is 0 Å². The van der Waals surface area contributed by atoms with Crippen molar-refractivity contribution in [1.29, 1.82) is 0 Å². The number of hydrogen-bond donors (Lipinski definition) is 0. The van der Waals surface area contributed by atoms with Crippen molar-refractivity contribution in [3.63, 3.8) is 0 Å². The molecular weight excluding hydrogens is 336 g/mol. The fourth-order valence-corrected chi connectivity index (χ4v) is 6.02. The largest absolute Gasteiger partial charge is 0.0690 e. The van der Waals surface area contributed by atoms with Crippen LogP contribution >= 0.6 is 0 Å². The molecule has 156 valence electrons. The van der Waals surface area contributed by atoms with Gasteiger partial charge in [0.2, 0.25) is 0 Å². The molecule has 4 aliphatic carbocycles. The molecule has 0 saturated heterocycles. The smallest absolute Gasteiger partial charge is 0.0102 e. The van der Waals surface area contributed by atoms with Gasteiger partial charge in [-0.25, -0.2) is 0 Å². The summed E-state index contributed by atoms with van der Waals surface area (Å²) in [6.45, 7) is 18.9. The number of hydrogen-bond acceptors (Lipinski definition) is 0. The molecule has 0 fully saturated rings. The Morgan fingerprint density at radius 1 is 0.643 bits per heavy atom. The van der Waals surface area contributed by atoms with Crippen molar-refractivity contribution in [1.82, 2.24) is 0 Å². The molecule has 0 aromatic carbocycles. The van der Waals surface area contributed by atoms with Crippen LogP contribution in [0.3, 0.4) is 0 Å². The molecule has 0 heteroatoms. The number of allylic oxidation sites excluding steroid dienone is 8. The monoisotopic (exact) mass is 380 g/mol. The first-order valence-corrected chi connectivity index (χ1v) is 11.7. The normalized spacial score (nSPS) is 27.7. The molecule has 0 spiro atoms. The van der Waals surface area contributed by atoms with Gasteiger partial charge in [-0.3, -0.25) is 0 Å². The fourth-order valence-electron chi connectivity index (χ4n) is 6.02. The van der Waals surface area contributed by atoms with Gasteiger partial charge in [0.1, 0.15) is 0 Å². The second-order valence-electron chi connectivity index (χ2n) is 12.1. The molecule has 0 bridgehead atoms. The summed E-state index contributed by atoms with van der Waals surface area (Å²) in [5.74, 6) is 1.62. The van der Waals surface area contributed by atoms with E-state index >= 15 is 0 Å². The Morgan fingerprint density at radius 3 is 1.32 bits per heavy atom. The Balaban J connectivity index is 0.000000161. The molecule has 2 unspecified atom stereocenters. The lowest BCUT2D eigenvalue weighted by atomic mass is 9.70. The van der Waals surface area contributed by atoms with Crippen LogP contribution in [0.4, 0.5) is 0 Å². The van der Waals surface area contributed by atoms with E-state index in [0.29, 0.717) is 10.8 Å². The Hall–Kier alpha value is -1.04. The molecule has 28 heavy (non-hydrogen) atoms. The van der Waals surface area contributed by atoms with Crippen molar-refractivity contribution in [2.45, 2.75) is 107 Å². The van der Waals surface area contributed by atoms with Crippen molar-refractivity contribution >= 4 is 0 Å². The van der Waals surface area contributed by atoms with Crippen LogP contribution in [0, 0.1) is 22.7 Å². The maximum absolute atomic E-state index is 2.46. The van der Waals surface area contributed by atoms with E-state index in [1.807, 2.05) is 0 Å². The van der Waals surface area contributed by atoms with E-state index < -0.39 is 0 Å². The highest BCUT2D eigenvalue weighted by atomic mass is 14.4. The van der Waals surface area contributed by atoms with Crippen molar-refractivity contribution in [2.75, 3.05) is 0 Å². The predicted octanol–water partition coefficient (Wildman–Crippen LogP) is 8.96. The van der Waals surface area contributed by atoms with Crippen LogP contribution in [0.25, 0.3) is 0 Å². The third kappa shape index (κ3) is 4.74. The zero-order valence-electron chi connectivity index (χ0n) is 20.0. The van der Waals surface area contributed by atoms with Gasteiger partial charge in [0.25, 0.3) is 0 Å². The lowest BCUT2D eigenvalue weighted by Crippen LogP contribution is -2.24. The highest BCUT2D eigenvalue weighted by Gasteiger charge is 2.34. The van der Waals surface area contributed by atoms with Gasteiger partial charge in [-0.1, -0.05) is 76.0 Å². The zero-order valence-corrected chi connectivity index (χ0v) is 20.0. The number of rotatable bonds is 0. The SMILES string of the molecule is CC1=CC2=C(CCCC2C(C)(C)C)C1.CC1=CC2=C(CCCC2C(C)(C)C)C1. The summed E-state index contributed by atoms with van der Waals surface area (Å²) >= 11 is 0. The quantitative estimate of drug-likeness (QED) is 0.393. The molecular formula is C28H44. The van der Waals surface area contributed by atoms with E-state index in [1.54, 1.807) is 33.4 Å². The first-order valence-electron chi connectivity index (χ1n) is 11.7. The molecule has 0 heterocycles. The van der Waals surface area contributed by atoms with Crippen LogP contribution in [0.5, 0.6) is 0 Å². The Kier molecular flexibility index (Phi) is 6.19. The van der Waals surface area contributed by atoms with Gasteiger partial charge in [0.05, 0.1) is 0 Å². The van der Waals surface area contributed by atoms with E-state index in [0.717, 1.165) is 11.8 Å². The van der Waals surface area contributed by atoms with Crippen LogP contribution in [0.1, 0.15) is 107 Å². The molecule has 0 N–H and O–H groups in total. The first-order chi connectivity index (χ1) is 13.0. The molecule has 0 aliphatic heterocycles. The van der Waals surface area contributed by atoms with Gasteiger partial charge in [-0.2, -0.15) is 0 Å². The van der Waals surface area contributed by atoms with Crippen molar-refractivity contribution < 1.29 is 0 Å². The van der Waals surface area contributed by atoms with Crippen LogP contribution < -0.4 is 0 Å². The second kappa shape index (κ2) is 8.00. The van der Waals surface area contributed by atoms with Gasteiger partial charge < -0.3 is 0 Å². The standard InChI is InChI=1S/2C14H22/c2*1-10-8-11-6-5-7-13(12(11)9-10)14(2,3)4/h2*9,13H,5-8H2,1-4H3. The minimum Gasteiger partial charge on any atom is -0.0690 e. The maximum atomic E-state index is 2.46. The van der Waals surface area contributed by atoms with Crippen LogP contribution in [0.2, 0.25) is 0 Å². The molecule has 4 rings (SSSR count). The van der Waals surface area contributed by atoms with Gasteiger partial charge in [-0.15, -0.1) is 0 Å². The summed E-state index contributed by atoms with van der Waals surface area (Å²) in [6, 6.07) is 0. The molecule has 4 aliphatic rings. The molecule has 0 aromatic heterocycles. The topological polar surface area (TPSA) is 0 Å². The molecule has 0 radical (unpaired) electrons. The minimum absolute atomic E-state index is 0.447. The van der Waals surface area contributed by atoms with Gasteiger partial charge in [0.15, 0.2) is 0 Å². The first kappa shape index (κ1) is 21.7. The van der Waals surface area contributed by atoms with Crippen molar-refractivity contribution in [2.24, 2.45) is 22.7 Å². The van der Waals surface area contributed by atoms with E-state index in [1.165, 1.54) is 51.4 Å². The van der Waals surface area contributed by atoms with Crippen molar-refractivity contribution in [3.8, 4) is 0 Å². The molecule has 0 nitrogen and oxygen atoms in total. The van der Waals surface area contributed by atoms with Crippen LogP contribution in [-0.4, -0.2) is 0 Å². The van der Waals surface area contributed by atoms with Crippen LogP contribution in [0.15, 0.2) is 45.6 Å². The predicted molar refractivity (Wildman–Crippen MR) is 124 cm³/mol. The van der Waals surface area contributed by atoms with Gasteiger partial charge >= 0.3 is 0 Å². The molecule has 2 atom stereocenters. The maximum Gasteiger partial charge on any atom is -0.0102 e. The van der Waals surface area contributed by atoms with Crippen molar-refractivity contribution in [3.05, 3.63) is 45.6 Å². The summed E-state index contributed by atoms with van der Waals surface area (Å²) in [5.41, 5.74) is 10.9. The second-order valence-corrected chi connectivity index (χ2v) is 12.1. The van der Waals surface area contributed by atoms with Gasteiger partial charge in [0, 0.05) is 0 Å². The fraction of sp³-hybridized carbons (Fsp3) is 0.714. The highest BCUT2D eigenvalue weighted by molar-refractivity contribution is 5.42. The Labute approximate surface area is 175 Å². The summed E-state index contributed by atoms with van der Waals surface area (Å²) in [5, 5.41) is 0. The lowest BCUT2D eigenvalue weighted by Gasteiger charge is -2.35. The lowest BCUT2D eigenvalue weighted by molar-refractivity contribution is 0.254. The van der Waals surface area contributed by atoms with Crippen LogP contribution in [-0.2, 0) is 0 Å².